The minimum absolute atomic E-state index is 0.0334. The largest absolute Gasteiger partial charge is 0.472 e. The Kier molecular flexibility index (Phi) is 4.37. The minimum atomic E-state index is -0.964. The van der Waals surface area contributed by atoms with Crippen molar-refractivity contribution in [3.8, 4) is 0 Å². The van der Waals surface area contributed by atoms with Crippen LogP contribution >= 0.6 is 0 Å². The van der Waals surface area contributed by atoms with Crippen LogP contribution in [0.15, 0.2) is 23.0 Å². The van der Waals surface area contributed by atoms with E-state index in [1.165, 1.54) is 19.5 Å². The van der Waals surface area contributed by atoms with Gasteiger partial charge in [0.2, 0.25) is 0 Å². The van der Waals surface area contributed by atoms with Crippen molar-refractivity contribution in [2.45, 2.75) is 63.4 Å². The van der Waals surface area contributed by atoms with Crippen LogP contribution in [0, 0.1) is 22.7 Å². The van der Waals surface area contributed by atoms with E-state index in [1.807, 2.05) is 6.92 Å². The zero-order chi connectivity index (χ0) is 21.3. The lowest BCUT2D eigenvalue weighted by molar-refractivity contribution is -0.277. The molecule has 0 aromatic carbocycles. The molecule has 1 aromatic heterocycles. The van der Waals surface area contributed by atoms with Gasteiger partial charge in [-0.15, -0.1) is 0 Å². The first-order valence-corrected chi connectivity index (χ1v) is 10.6. The van der Waals surface area contributed by atoms with Crippen LogP contribution < -0.4 is 0 Å². The molecule has 2 saturated heterocycles. The first-order chi connectivity index (χ1) is 14.3. The predicted octanol–water partition coefficient (Wildman–Crippen LogP) is 1.74. The second kappa shape index (κ2) is 6.55. The van der Waals surface area contributed by atoms with E-state index in [0.717, 1.165) is 0 Å². The summed E-state index contributed by atoms with van der Waals surface area (Å²) in [5, 5.41) is 22.3. The Morgan fingerprint density at radius 2 is 2.13 bits per heavy atom. The quantitative estimate of drug-likeness (QED) is 0.559. The van der Waals surface area contributed by atoms with Gasteiger partial charge < -0.3 is 28.8 Å². The van der Waals surface area contributed by atoms with E-state index < -0.39 is 40.7 Å². The van der Waals surface area contributed by atoms with Crippen LogP contribution in [0.1, 0.15) is 51.2 Å². The van der Waals surface area contributed by atoms with Crippen molar-refractivity contribution in [2.24, 2.45) is 22.7 Å². The van der Waals surface area contributed by atoms with E-state index in [2.05, 4.69) is 0 Å². The number of carbonyl (C=O) groups is 2. The number of epoxide rings is 1. The molecule has 1 aromatic rings. The maximum atomic E-state index is 13.3. The van der Waals surface area contributed by atoms with E-state index in [0.29, 0.717) is 31.4 Å². The minimum Gasteiger partial charge on any atom is -0.472 e. The molecule has 2 saturated carbocycles. The van der Waals surface area contributed by atoms with Crippen molar-refractivity contribution in [1.29, 1.82) is 0 Å². The molecule has 8 atom stereocenters. The lowest BCUT2D eigenvalue weighted by Crippen LogP contribution is -2.74. The molecular formula is C22H28O8. The molecule has 0 amide bonds. The van der Waals surface area contributed by atoms with Gasteiger partial charge in [-0.2, -0.15) is 0 Å². The summed E-state index contributed by atoms with van der Waals surface area (Å²) in [5.41, 5.74) is -2.07. The van der Waals surface area contributed by atoms with Crippen LogP contribution in [0.4, 0.5) is 0 Å². The highest BCUT2D eigenvalue weighted by molar-refractivity contribution is 5.80. The zero-order valence-corrected chi connectivity index (χ0v) is 17.2. The number of rotatable bonds is 4. The van der Waals surface area contributed by atoms with E-state index >= 15 is 0 Å². The fourth-order valence-corrected chi connectivity index (χ4v) is 6.93. The van der Waals surface area contributed by atoms with E-state index in [9.17, 15) is 19.8 Å². The Morgan fingerprint density at radius 1 is 1.37 bits per heavy atom. The predicted molar refractivity (Wildman–Crippen MR) is 101 cm³/mol. The van der Waals surface area contributed by atoms with Crippen LogP contribution in [-0.2, 0) is 23.8 Å². The molecule has 1 spiro atoms. The lowest BCUT2D eigenvalue weighted by Gasteiger charge is -2.65. The molecule has 2 aliphatic carbocycles. The second-order valence-electron chi connectivity index (χ2n) is 9.49. The highest BCUT2D eigenvalue weighted by Crippen LogP contribution is 2.71. The van der Waals surface area contributed by atoms with Gasteiger partial charge in [0.05, 0.1) is 42.2 Å². The van der Waals surface area contributed by atoms with Crippen LogP contribution in [0.5, 0.6) is 0 Å². The van der Waals surface area contributed by atoms with Gasteiger partial charge in [0.25, 0.3) is 0 Å². The van der Waals surface area contributed by atoms with Crippen molar-refractivity contribution in [3.05, 3.63) is 24.2 Å². The van der Waals surface area contributed by atoms with Gasteiger partial charge in [0.15, 0.2) is 0 Å². The molecule has 0 unspecified atom stereocenters. The molecule has 4 fully saturated rings. The molecule has 164 valence electrons. The summed E-state index contributed by atoms with van der Waals surface area (Å²) in [6.45, 7) is 3.70. The molecule has 3 heterocycles. The second-order valence-corrected chi connectivity index (χ2v) is 9.49. The normalized spacial score (nSPS) is 45.4. The Bertz CT molecular complexity index is 845. The van der Waals surface area contributed by atoms with E-state index in [1.54, 1.807) is 6.07 Å². The molecule has 4 aliphatic rings. The van der Waals surface area contributed by atoms with Gasteiger partial charge in [-0.3, -0.25) is 9.59 Å². The summed E-state index contributed by atoms with van der Waals surface area (Å²) in [7, 11) is 0. The topological polar surface area (TPSA) is 119 Å². The van der Waals surface area contributed by atoms with Gasteiger partial charge >= 0.3 is 11.9 Å². The fraction of sp³-hybridized carbons (Fsp3) is 0.727. The molecule has 0 radical (unpaired) electrons. The third kappa shape index (κ3) is 2.38. The molecule has 2 N–H and O–H groups in total. The number of carbonyl (C=O) groups excluding carboxylic acids is 2. The molecular weight excluding hydrogens is 392 g/mol. The highest BCUT2D eigenvalue weighted by atomic mass is 16.6. The molecule has 8 heteroatoms. The van der Waals surface area contributed by atoms with Gasteiger partial charge in [-0.1, -0.05) is 6.92 Å². The number of cyclic esters (lactones) is 1. The Labute approximate surface area is 174 Å². The van der Waals surface area contributed by atoms with Crippen LogP contribution in [0.3, 0.4) is 0 Å². The Balaban J connectivity index is 1.58. The Hall–Kier alpha value is -1.90. The average molecular weight is 420 g/mol. The smallest absolute Gasteiger partial charge is 0.312 e. The summed E-state index contributed by atoms with van der Waals surface area (Å²) in [6, 6.07) is 1.69. The monoisotopic (exact) mass is 420 g/mol. The molecule has 8 nitrogen and oxygen atoms in total. The third-order valence-corrected chi connectivity index (χ3v) is 8.36. The molecule has 5 rings (SSSR count). The maximum absolute atomic E-state index is 13.3. The lowest BCUT2D eigenvalue weighted by atomic mass is 9.41. The number of esters is 2. The van der Waals surface area contributed by atoms with E-state index in [-0.39, 0.29) is 30.8 Å². The molecule has 2 aliphatic heterocycles. The average Bonchev–Trinajstić information content (AvgIpc) is 3.29. The van der Waals surface area contributed by atoms with Gasteiger partial charge in [-0.25, -0.2) is 0 Å². The van der Waals surface area contributed by atoms with Crippen LogP contribution in [-0.4, -0.2) is 53.2 Å². The summed E-state index contributed by atoms with van der Waals surface area (Å²) >= 11 is 0. The van der Waals surface area contributed by atoms with Crippen LogP contribution in [0.2, 0.25) is 0 Å². The zero-order valence-electron chi connectivity index (χ0n) is 17.2. The number of furan rings is 1. The first kappa shape index (κ1) is 20.0. The summed E-state index contributed by atoms with van der Waals surface area (Å²) in [5.74, 6) is -1.16. The van der Waals surface area contributed by atoms with Crippen molar-refractivity contribution in [2.75, 3.05) is 13.2 Å². The van der Waals surface area contributed by atoms with Gasteiger partial charge in [-0.05, 0) is 43.6 Å². The fourth-order valence-electron chi connectivity index (χ4n) is 6.93. The third-order valence-electron chi connectivity index (χ3n) is 8.36. The standard InChI is InChI=1S/C22H28O8/c1-12-7-17(25)21-10-28-19(26)20(12,8-15(24)14-5-6-27-9-14)16(21)3-4-18(30-13(2)23)22(21)11-29-22/h5-6,9,12,15-18,24-25H,3-4,7-8,10-11H2,1-2H3/t12-,15+,16-,17-,18+,20-,21+,22-/m1/s1. The number of aliphatic hydroxyl groups excluding tert-OH is 2. The number of ether oxygens (including phenoxy) is 3. The van der Waals surface area contributed by atoms with Gasteiger partial charge in [0.1, 0.15) is 18.3 Å². The van der Waals surface area contributed by atoms with Gasteiger partial charge in [0, 0.05) is 12.5 Å². The molecule has 2 bridgehead atoms. The van der Waals surface area contributed by atoms with Crippen molar-refractivity contribution in [3.63, 3.8) is 0 Å². The first-order valence-electron chi connectivity index (χ1n) is 10.6. The maximum Gasteiger partial charge on any atom is 0.312 e. The summed E-state index contributed by atoms with van der Waals surface area (Å²) < 4.78 is 22.4. The number of aliphatic hydroxyl groups is 2. The highest BCUT2D eigenvalue weighted by Gasteiger charge is 2.81. The van der Waals surface area contributed by atoms with Crippen molar-refractivity contribution < 1.29 is 38.4 Å². The van der Waals surface area contributed by atoms with E-state index in [4.69, 9.17) is 18.6 Å². The van der Waals surface area contributed by atoms with Crippen molar-refractivity contribution >= 4 is 11.9 Å². The molecule has 30 heavy (non-hydrogen) atoms. The number of hydrogen-bond donors (Lipinski definition) is 2. The van der Waals surface area contributed by atoms with Crippen LogP contribution in [0.25, 0.3) is 0 Å². The SMILES string of the molecule is CC(=O)O[C@H]1CC[C@@H]2[C@]3(C[C@H](O)c4ccoc4)C(=O)OC[C@]2([C@H](O)C[C@H]3C)[C@@]12CO2. The Morgan fingerprint density at radius 3 is 2.77 bits per heavy atom. The van der Waals surface area contributed by atoms with Crippen molar-refractivity contribution in [1.82, 2.24) is 0 Å². The number of hydrogen-bond acceptors (Lipinski definition) is 8. The summed E-state index contributed by atoms with van der Waals surface area (Å²) in [6.07, 6.45) is 2.53. The summed E-state index contributed by atoms with van der Waals surface area (Å²) in [4.78, 5) is 25.0.